The van der Waals surface area contributed by atoms with Gasteiger partial charge in [0.15, 0.2) is 12.6 Å². The molecule has 2 aliphatic heterocycles. The third-order valence-electron chi connectivity index (χ3n) is 14.8. The summed E-state index contributed by atoms with van der Waals surface area (Å²) in [6.07, 6.45) is 39.5. The fourth-order valence-corrected chi connectivity index (χ4v) is 9.89. The molecule has 12 atom stereocenters. The van der Waals surface area contributed by atoms with Gasteiger partial charge in [0.1, 0.15) is 48.8 Å². The highest BCUT2D eigenvalue weighted by molar-refractivity contribution is 5.76. The van der Waals surface area contributed by atoms with Gasteiger partial charge < -0.3 is 65.1 Å². The smallest absolute Gasteiger partial charge is 0.220 e. The summed E-state index contributed by atoms with van der Waals surface area (Å²) >= 11 is 0. The van der Waals surface area contributed by atoms with E-state index in [9.17, 15) is 45.6 Å². The predicted molar refractivity (Wildman–Crippen MR) is 295 cm³/mol. The van der Waals surface area contributed by atoms with E-state index in [2.05, 4.69) is 43.5 Å². The van der Waals surface area contributed by atoms with Gasteiger partial charge in [-0.05, 0) is 57.8 Å². The maximum Gasteiger partial charge on any atom is 0.220 e. The van der Waals surface area contributed by atoms with E-state index >= 15 is 0 Å². The second-order valence-corrected chi connectivity index (χ2v) is 21.5. The van der Waals surface area contributed by atoms with Gasteiger partial charge in [-0.1, -0.05) is 217 Å². The van der Waals surface area contributed by atoms with Crippen LogP contribution in [0.1, 0.15) is 245 Å². The third-order valence-corrected chi connectivity index (χ3v) is 14.8. The van der Waals surface area contributed by atoms with Gasteiger partial charge in [-0.2, -0.15) is 0 Å². The molecule has 14 nitrogen and oxygen atoms in total. The number of rotatable bonds is 48. The van der Waals surface area contributed by atoms with Crippen LogP contribution < -0.4 is 5.32 Å². The highest BCUT2D eigenvalue weighted by Crippen LogP contribution is 2.30. The lowest BCUT2D eigenvalue weighted by atomic mass is 9.97. The lowest BCUT2D eigenvalue weighted by Gasteiger charge is -2.46. The molecule has 2 heterocycles. The minimum atomic E-state index is -1.79. The van der Waals surface area contributed by atoms with Gasteiger partial charge in [0.2, 0.25) is 5.91 Å². The Labute approximate surface area is 449 Å². The van der Waals surface area contributed by atoms with Crippen molar-refractivity contribution in [3.8, 4) is 0 Å². The number of carbonyl (C=O) groups is 1. The van der Waals surface area contributed by atoms with E-state index in [0.29, 0.717) is 12.8 Å². The first-order chi connectivity index (χ1) is 36.1. The van der Waals surface area contributed by atoms with Crippen LogP contribution in [0, 0.1) is 0 Å². The van der Waals surface area contributed by atoms with E-state index in [4.69, 9.17) is 18.9 Å². The summed E-state index contributed by atoms with van der Waals surface area (Å²) in [6.45, 7) is 2.73. The van der Waals surface area contributed by atoms with Gasteiger partial charge >= 0.3 is 0 Å². The van der Waals surface area contributed by atoms with Crippen LogP contribution in [-0.4, -0.2) is 140 Å². The van der Waals surface area contributed by atoms with Crippen molar-refractivity contribution in [3.63, 3.8) is 0 Å². The van der Waals surface area contributed by atoms with E-state index in [1.54, 1.807) is 6.08 Å². The minimum Gasteiger partial charge on any atom is -0.394 e. The number of nitrogens with one attached hydrogen (secondary N) is 1. The van der Waals surface area contributed by atoms with Crippen LogP contribution in [0.5, 0.6) is 0 Å². The molecule has 74 heavy (non-hydrogen) atoms. The summed E-state index contributed by atoms with van der Waals surface area (Å²) < 4.78 is 22.7. The van der Waals surface area contributed by atoms with E-state index in [1.165, 1.54) is 173 Å². The normalized spacial score (nSPS) is 25.4. The second-order valence-electron chi connectivity index (χ2n) is 21.5. The number of amides is 1. The molecule has 0 radical (unpaired) electrons. The lowest BCUT2D eigenvalue weighted by Crippen LogP contribution is -2.65. The Morgan fingerprint density at radius 2 is 0.865 bits per heavy atom. The van der Waals surface area contributed by atoms with Crippen molar-refractivity contribution in [1.29, 1.82) is 0 Å². The number of hydrogen-bond donors (Lipinski definition) is 9. The largest absolute Gasteiger partial charge is 0.394 e. The molecule has 434 valence electrons. The molecule has 0 spiro atoms. The lowest BCUT2D eigenvalue weighted by molar-refractivity contribution is -0.359. The molecule has 9 N–H and O–H groups in total. The summed E-state index contributed by atoms with van der Waals surface area (Å²) in [5, 5.41) is 86.7. The number of hydrogen-bond acceptors (Lipinski definition) is 13. The Morgan fingerprint density at radius 1 is 0.473 bits per heavy atom. The zero-order valence-electron chi connectivity index (χ0n) is 46.6. The van der Waals surface area contributed by atoms with E-state index < -0.39 is 86.8 Å². The van der Waals surface area contributed by atoms with Crippen molar-refractivity contribution >= 4 is 5.91 Å². The Balaban J connectivity index is 1.61. The summed E-state index contributed by atoms with van der Waals surface area (Å²) in [5.41, 5.74) is 0. The summed E-state index contributed by atoms with van der Waals surface area (Å²) in [4.78, 5) is 13.2. The standard InChI is InChI=1S/C60H111NO13/c1-3-5-7-9-11-13-14-15-16-17-18-19-20-21-22-23-24-25-26-27-28-29-30-31-32-33-34-36-38-40-42-44-52(65)61-48(49(64)43-41-39-37-35-12-10-8-6-4-2)47-71-59-57(70)55(68)58(51(46-63)73-59)74-60-56(69)54(67)53(66)50(45-62)72-60/h12,17-18,35,41,43,48-51,53-60,62-64,66-70H,3-11,13-16,19-34,36-40,42,44-47H2,1-2H3,(H,61,65)/b18-17-,35-12+,43-41+. The van der Waals surface area contributed by atoms with Crippen molar-refractivity contribution in [2.24, 2.45) is 0 Å². The molecule has 0 bridgehead atoms. The van der Waals surface area contributed by atoms with Gasteiger partial charge in [0.25, 0.3) is 0 Å². The van der Waals surface area contributed by atoms with Crippen molar-refractivity contribution in [3.05, 3.63) is 36.5 Å². The predicted octanol–water partition coefficient (Wildman–Crippen LogP) is 10.2. The molecular weight excluding hydrogens is 943 g/mol. The third kappa shape index (κ3) is 31.6. The Kier molecular flexibility index (Phi) is 42.6. The second kappa shape index (κ2) is 46.2. The molecule has 14 heteroatoms. The van der Waals surface area contributed by atoms with Crippen molar-refractivity contribution in [2.75, 3.05) is 19.8 Å². The summed E-state index contributed by atoms with van der Waals surface area (Å²) in [5.74, 6) is -0.249. The minimum absolute atomic E-state index is 0.249. The zero-order valence-corrected chi connectivity index (χ0v) is 46.6. The fourth-order valence-electron chi connectivity index (χ4n) is 9.89. The quantitative estimate of drug-likeness (QED) is 0.0204. The molecule has 1 amide bonds. The maximum atomic E-state index is 13.2. The molecule has 2 aliphatic rings. The van der Waals surface area contributed by atoms with Gasteiger partial charge in [0.05, 0.1) is 32.0 Å². The van der Waals surface area contributed by atoms with Crippen LogP contribution in [0.15, 0.2) is 36.5 Å². The number of carbonyl (C=O) groups excluding carboxylic acids is 1. The summed E-state index contributed by atoms with van der Waals surface area (Å²) in [7, 11) is 0. The summed E-state index contributed by atoms with van der Waals surface area (Å²) in [6, 6.07) is -0.927. The molecule has 0 aliphatic carbocycles. The maximum absolute atomic E-state index is 13.2. The van der Waals surface area contributed by atoms with E-state index in [0.717, 1.165) is 38.5 Å². The Morgan fingerprint density at radius 3 is 1.35 bits per heavy atom. The van der Waals surface area contributed by atoms with Gasteiger partial charge in [-0.25, -0.2) is 0 Å². The van der Waals surface area contributed by atoms with Crippen molar-refractivity contribution in [1.82, 2.24) is 5.32 Å². The first kappa shape index (κ1) is 68.3. The number of aliphatic hydroxyl groups excluding tert-OH is 8. The molecule has 0 aromatic heterocycles. The van der Waals surface area contributed by atoms with Gasteiger partial charge in [0, 0.05) is 6.42 Å². The van der Waals surface area contributed by atoms with Crippen LogP contribution in [0.4, 0.5) is 0 Å². The van der Waals surface area contributed by atoms with Gasteiger partial charge in [-0.3, -0.25) is 4.79 Å². The van der Waals surface area contributed by atoms with E-state index in [-0.39, 0.29) is 18.9 Å². The van der Waals surface area contributed by atoms with Crippen LogP contribution in [-0.2, 0) is 23.7 Å². The highest BCUT2D eigenvalue weighted by atomic mass is 16.7. The SMILES string of the molecule is CCCCC/C=C/CC/C=C/C(O)C(COC1OC(CO)C(OC2OC(CO)C(O)C(O)C2O)C(O)C1O)NC(=O)CCCCCCCCCCCCCCCCCCCCC/C=C\CCCCCCCCCC. The van der Waals surface area contributed by atoms with Crippen LogP contribution in [0.2, 0.25) is 0 Å². The van der Waals surface area contributed by atoms with Crippen molar-refractivity contribution in [2.45, 2.75) is 319 Å². The van der Waals surface area contributed by atoms with Crippen LogP contribution in [0.25, 0.3) is 0 Å². The molecule has 2 rings (SSSR count). The van der Waals surface area contributed by atoms with Crippen LogP contribution >= 0.6 is 0 Å². The van der Waals surface area contributed by atoms with Gasteiger partial charge in [-0.15, -0.1) is 0 Å². The Bertz CT molecular complexity index is 1380. The van der Waals surface area contributed by atoms with E-state index in [1.807, 2.05) is 6.08 Å². The zero-order chi connectivity index (χ0) is 53.9. The number of aliphatic hydroxyl groups is 8. The number of allylic oxidation sites excluding steroid dienone is 5. The van der Waals surface area contributed by atoms with Crippen molar-refractivity contribution < 1.29 is 64.6 Å². The molecule has 0 aromatic carbocycles. The average Bonchev–Trinajstić information content (AvgIpc) is 3.40. The monoisotopic (exact) mass is 1050 g/mol. The molecule has 0 saturated carbocycles. The topological polar surface area (TPSA) is 228 Å². The average molecular weight is 1050 g/mol. The molecule has 2 saturated heterocycles. The number of unbranched alkanes of at least 4 members (excludes halogenated alkanes) is 31. The highest BCUT2D eigenvalue weighted by Gasteiger charge is 2.51. The molecule has 2 fully saturated rings. The fraction of sp³-hybridized carbons (Fsp3) is 0.883. The molecular formula is C60H111NO13. The molecule has 12 unspecified atom stereocenters. The number of ether oxygens (including phenoxy) is 4. The first-order valence-corrected chi connectivity index (χ1v) is 30.2. The molecule has 0 aromatic rings. The Hall–Kier alpha value is -1.79. The first-order valence-electron chi connectivity index (χ1n) is 30.2. The van der Waals surface area contributed by atoms with Crippen LogP contribution in [0.3, 0.4) is 0 Å².